The number of likely N-dealkylation sites (tertiary alicyclic amines) is 1. The van der Waals surface area contributed by atoms with E-state index in [0.29, 0.717) is 12.4 Å². The second-order valence-corrected chi connectivity index (χ2v) is 4.97. The maximum absolute atomic E-state index is 11.7. The molecule has 1 saturated heterocycles. The molecule has 0 aromatic carbocycles. The van der Waals surface area contributed by atoms with Crippen molar-refractivity contribution in [2.45, 2.75) is 18.9 Å². The number of hydrogen-bond acceptors (Lipinski definition) is 3. The van der Waals surface area contributed by atoms with Crippen molar-refractivity contribution in [1.82, 2.24) is 15.2 Å². The summed E-state index contributed by atoms with van der Waals surface area (Å²) in [5, 5.41) is 5.01. The van der Waals surface area contributed by atoms with E-state index in [2.05, 4.69) is 28.5 Å². The van der Waals surface area contributed by atoms with Crippen molar-refractivity contribution in [2.75, 3.05) is 13.1 Å². The first-order chi connectivity index (χ1) is 10.2. The summed E-state index contributed by atoms with van der Waals surface area (Å²) in [6, 6.07) is 2.03. The first kappa shape index (κ1) is 14.9. The van der Waals surface area contributed by atoms with E-state index in [1.54, 1.807) is 11.1 Å². The maximum Gasteiger partial charge on any atom is 0.246 e. The van der Waals surface area contributed by atoms with E-state index < -0.39 is 0 Å². The summed E-state index contributed by atoms with van der Waals surface area (Å²) in [6.45, 7) is 8.86. The second-order valence-electron chi connectivity index (χ2n) is 4.97. The van der Waals surface area contributed by atoms with Crippen LogP contribution >= 0.6 is 0 Å². The van der Waals surface area contributed by atoms with E-state index in [9.17, 15) is 4.79 Å². The molecule has 21 heavy (non-hydrogen) atoms. The van der Waals surface area contributed by atoms with Crippen LogP contribution in [0.5, 0.6) is 0 Å². The van der Waals surface area contributed by atoms with Crippen LogP contribution in [0.15, 0.2) is 29.9 Å². The maximum atomic E-state index is 11.7. The van der Waals surface area contributed by atoms with E-state index in [1.165, 1.54) is 12.4 Å². The molecule has 6 nitrogen and oxygen atoms in total. The number of aromatic amines is 1. The van der Waals surface area contributed by atoms with Crippen molar-refractivity contribution >= 4 is 24.6 Å². The quantitative estimate of drug-likeness (QED) is 0.387. The number of carbonyl (C=O) groups is 1. The minimum absolute atomic E-state index is 0.0372. The van der Waals surface area contributed by atoms with Crippen molar-refractivity contribution in [3.8, 4) is 0 Å². The summed E-state index contributed by atoms with van der Waals surface area (Å²) in [5.41, 5.74) is 5.43. The lowest BCUT2D eigenvalue weighted by Crippen LogP contribution is -2.48. The Kier molecular flexibility index (Phi) is 4.81. The summed E-state index contributed by atoms with van der Waals surface area (Å²) in [4.78, 5) is 20.7. The molecule has 1 fully saturated rings. The number of aromatic nitrogens is 1. The molecule has 1 aromatic heterocycles. The number of carbonyl (C=O) groups excluding carboxylic acids is 1. The van der Waals surface area contributed by atoms with Crippen molar-refractivity contribution in [2.24, 2.45) is 10.7 Å². The molecule has 0 aliphatic carbocycles. The third-order valence-electron chi connectivity index (χ3n) is 3.54. The van der Waals surface area contributed by atoms with Gasteiger partial charge in [0.25, 0.3) is 0 Å². The van der Waals surface area contributed by atoms with Gasteiger partial charge in [0, 0.05) is 35.9 Å². The summed E-state index contributed by atoms with van der Waals surface area (Å²) >= 11 is 0. The van der Waals surface area contributed by atoms with Gasteiger partial charge in [0.15, 0.2) is 0 Å². The third-order valence-corrected chi connectivity index (χ3v) is 3.54. The predicted molar refractivity (Wildman–Crippen MR) is 84.6 cm³/mol. The zero-order valence-corrected chi connectivity index (χ0v) is 12.0. The molecule has 6 heteroatoms. The topological polar surface area (TPSA) is 86.5 Å². The lowest BCUT2D eigenvalue weighted by Gasteiger charge is -2.33. The minimum atomic E-state index is -0.0372. The molecular weight excluding hydrogens is 266 g/mol. The van der Waals surface area contributed by atoms with Gasteiger partial charge in [-0.25, -0.2) is 4.99 Å². The lowest BCUT2D eigenvalue weighted by atomic mass is 10.1. The van der Waals surface area contributed by atoms with Crippen LogP contribution in [-0.2, 0) is 4.79 Å². The summed E-state index contributed by atoms with van der Waals surface area (Å²) in [7, 11) is 0. The molecule has 4 N–H and O–H groups in total. The van der Waals surface area contributed by atoms with Crippen molar-refractivity contribution < 1.29 is 4.79 Å². The van der Waals surface area contributed by atoms with Gasteiger partial charge in [-0.3, -0.25) is 4.79 Å². The molecule has 112 valence electrons. The van der Waals surface area contributed by atoms with Gasteiger partial charge >= 0.3 is 0 Å². The largest absolute Gasteiger partial charge is 0.390 e. The average Bonchev–Trinajstić information content (AvgIpc) is 2.92. The standard InChI is InChI=1S/C15H21N5O/c1-3-14(21)20-8-4-5-12(9-20)19-15(18-10-16)13-6-7-17-11(13)2/h3,6-7,10,12,17,19H,1-2,4-5,8-9H2,(H2,16,18)/b15-13+/t12-/m1/s1. The van der Waals surface area contributed by atoms with Crippen molar-refractivity contribution in [1.29, 1.82) is 0 Å². The third kappa shape index (κ3) is 3.53. The fourth-order valence-electron chi connectivity index (χ4n) is 2.50. The smallest absolute Gasteiger partial charge is 0.246 e. The molecular formula is C15H21N5O. The predicted octanol–water partition coefficient (Wildman–Crippen LogP) is -0.756. The monoisotopic (exact) mass is 287 g/mol. The van der Waals surface area contributed by atoms with Crippen molar-refractivity contribution in [3.05, 3.63) is 35.5 Å². The van der Waals surface area contributed by atoms with Gasteiger partial charge in [-0.15, -0.1) is 0 Å². The Morgan fingerprint density at radius 2 is 2.43 bits per heavy atom. The van der Waals surface area contributed by atoms with Crippen LogP contribution in [-0.4, -0.2) is 41.3 Å². The SMILES string of the molecule is C=CC(=O)N1CCC[C@@H](NC(/N=C\N)=c2\cc[nH]c2=C)C1. The first-order valence-electron chi connectivity index (χ1n) is 6.94. The van der Waals surface area contributed by atoms with Gasteiger partial charge in [0.1, 0.15) is 5.82 Å². The Morgan fingerprint density at radius 1 is 1.62 bits per heavy atom. The Labute approximate surface area is 123 Å². The van der Waals surface area contributed by atoms with E-state index in [0.717, 1.165) is 30.0 Å². The summed E-state index contributed by atoms with van der Waals surface area (Å²) in [5.74, 6) is 0.631. The van der Waals surface area contributed by atoms with Crippen LogP contribution in [0.4, 0.5) is 0 Å². The van der Waals surface area contributed by atoms with Gasteiger partial charge in [0.05, 0.1) is 6.34 Å². The Hall–Kier alpha value is -2.50. The fourth-order valence-corrected chi connectivity index (χ4v) is 2.50. The van der Waals surface area contributed by atoms with Gasteiger partial charge < -0.3 is 20.9 Å². The van der Waals surface area contributed by atoms with E-state index in [4.69, 9.17) is 5.73 Å². The van der Waals surface area contributed by atoms with Crippen LogP contribution in [0.2, 0.25) is 0 Å². The molecule has 2 rings (SSSR count). The average molecular weight is 287 g/mol. The van der Waals surface area contributed by atoms with E-state index in [1.807, 2.05) is 6.07 Å². The highest BCUT2D eigenvalue weighted by Gasteiger charge is 2.22. The van der Waals surface area contributed by atoms with Gasteiger partial charge in [-0.05, 0) is 25.0 Å². The molecule has 0 unspecified atom stereocenters. The Bertz CT molecular complexity index is 645. The number of nitrogens with one attached hydrogen (secondary N) is 2. The Balaban J connectivity index is 2.19. The zero-order chi connectivity index (χ0) is 15.2. The normalized spacial score (nSPS) is 20.4. The van der Waals surface area contributed by atoms with Crippen LogP contribution in [0.25, 0.3) is 12.4 Å². The highest BCUT2D eigenvalue weighted by Crippen LogP contribution is 2.12. The molecule has 0 saturated carbocycles. The number of rotatable bonds is 4. The molecule has 1 aromatic rings. The minimum Gasteiger partial charge on any atom is -0.390 e. The second kappa shape index (κ2) is 6.78. The number of amides is 1. The molecule has 0 bridgehead atoms. The first-order valence-corrected chi connectivity index (χ1v) is 6.94. The number of nitrogens with two attached hydrogens (primary N) is 1. The van der Waals surface area contributed by atoms with Gasteiger partial charge in [-0.2, -0.15) is 0 Å². The highest BCUT2D eigenvalue weighted by atomic mass is 16.2. The van der Waals surface area contributed by atoms with E-state index >= 15 is 0 Å². The summed E-state index contributed by atoms with van der Waals surface area (Å²) in [6.07, 6.45) is 6.33. The van der Waals surface area contributed by atoms with E-state index in [-0.39, 0.29) is 11.9 Å². The number of nitrogens with zero attached hydrogens (tertiary/aromatic N) is 2. The summed E-state index contributed by atoms with van der Waals surface area (Å²) < 4.78 is 0. The van der Waals surface area contributed by atoms with Crippen LogP contribution in [0, 0.1) is 0 Å². The molecule has 2 heterocycles. The molecule has 0 spiro atoms. The molecule has 0 radical (unpaired) electrons. The molecule has 1 aliphatic rings. The zero-order valence-electron chi connectivity index (χ0n) is 12.0. The van der Waals surface area contributed by atoms with Crippen LogP contribution < -0.4 is 21.6 Å². The van der Waals surface area contributed by atoms with Crippen molar-refractivity contribution in [3.63, 3.8) is 0 Å². The number of H-pyrrole nitrogens is 1. The van der Waals surface area contributed by atoms with Gasteiger partial charge in [0.2, 0.25) is 5.91 Å². The lowest BCUT2D eigenvalue weighted by molar-refractivity contribution is -0.127. The molecule has 1 atom stereocenters. The molecule has 1 amide bonds. The highest BCUT2D eigenvalue weighted by molar-refractivity contribution is 5.87. The molecule has 1 aliphatic heterocycles. The number of aliphatic imine (C=N–C) groups is 1. The van der Waals surface area contributed by atoms with Crippen LogP contribution in [0.1, 0.15) is 12.8 Å². The number of hydrogen-bond donors (Lipinski definition) is 3. The Morgan fingerprint density at radius 3 is 3.05 bits per heavy atom. The van der Waals surface area contributed by atoms with Gasteiger partial charge in [-0.1, -0.05) is 13.2 Å². The number of piperidine rings is 1. The fraction of sp³-hybridized carbons (Fsp3) is 0.333. The van der Waals surface area contributed by atoms with Crippen LogP contribution in [0.3, 0.4) is 0 Å².